The molecule has 0 saturated heterocycles. The van der Waals surface area contributed by atoms with Crippen molar-refractivity contribution >= 4 is 56.8 Å². The predicted molar refractivity (Wildman–Crippen MR) is 135 cm³/mol. The zero-order valence-electron chi connectivity index (χ0n) is 17.8. The SMILES string of the molecule is COc1cc(/C=C(\C#N)C(=O)Nc2cccc(Cl)c2C)c(Br)cc1OCc1ccccc1Cl. The number of hydrogen-bond acceptors (Lipinski definition) is 4. The molecule has 5 nitrogen and oxygen atoms in total. The molecule has 3 aromatic rings. The fourth-order valence-corrected chi connectivity index (χ4v) is 3.74. The minimum Gasteiger partial charge on any atom is -0.493 e. The second-order valence-corrected chi connectivity index (χ2v) is 8.61. The third-order valence-corrected chi connectivity index (χ3v) is 6.27. The Morgan fingerprint density at radius 2 is 1.85 bits per heavy atom. The van der Waals surface area contributed by atoms with Gasteiger partial charge in [-0.1, -0.05) is 63.4 Å². The van der Waals surface area contributed by atoms with E-state index in [1.807, 2.05) is 24.3 Å². The molecule has 0 fully saturated rings. The van der Waals surface area contributed by atoms with Gasteiger partial charge in [-0.25, -0.2) is 0 Å². The molecular weight excluding hydrogens is 527 g/mol. The van der Waals surface area contributed by atoms with Crippen molar-refractivity contribution in [3.8, 4) is 17.6 Å². The predicted octanol–water partition coefficient (Wildman–Crippen LogP) is 7.20. The Morgan fingerprint density at radius 1 is 1.12 bits per heavy atom. The lowest BCUT2D eigenvalue weighted by Gasteiger charge is -2.14. The number of hydrogen-bond donors (Lipinski definition) is 1. The summed E-state index contributed by atoms with van der Waals surface area (Å²) in [5.74, 6) is 0.381. The van der Waals surface area contributed by atoms with Crippen molar-refractivity contribution in [3.05, 3.63) is 91.4 Å². The molecule has 0 radical (unpaired) electrons. The van der Waals surface area contributed by atoms with Crippen LogP contribution >= 0.6 is 39.1 Å². The lowest BCUT2D eigenvalue weighted by Crippen LogP contribution is -2.14. The molecule has 3 rings (SSSR count). The number of methoxy groups -OCH3 is 1. The molecule has 168 valence electrons. The van der Waals surface area contributed by atoms with Crippen LogP contribution in [0.15, 0.2) is 64.6 Å². The first-order valence-corrected chi connectivity index (χ1v) is 11.3. The van der Waals surface area contributed by atoms with Gasteiger partial charge in [0.05, 0.1) is 7.11 Å². The van der Waals surface area contributed by atoms with Crippen LogP contribution < -0.4 is 14.8 Å². The largest absolute Gasteiger partial charge is 0.493 e. The number of amides is 1. The number of ether oxygens (including phenoxy) is 2. The van der Waals surface area contributed by atoms with Gasteiger partial charge in [0.25, 0.3) is 5.91 Å². The normalized spacial score (nSPS) is 11.0. The minimum absolute atomic E-state index is 0.0816. The fraction of sp³-hybridized carbons (Fsp3) is 0.120. The van der Waals surface area contributed by atoms with Gasteiger partial charge in [0.2, 0.25) is 0 Å². The molecule has 1 amide bonds. The Bertz CT molecular complexity index is 1270. The Kier molecular flexibility index (Phi) is 8.40. The van der Waals surface area contributed by atoms with E-state index in [9.17, 15) is 10.1 Å². The van der Waals surface area contributed by atoms with E-state index in [4.69, 9.17) is 32.7 Å². The maximum atomic E-state index is 12.7. The zero-order chi connectivity index (χ0) is 24.0. The number of carbonyl (C=O) groups excluding carboxylic acids is 1. The molecule has 0 saturated carbocycles. The lowest BCUT2D eigenvalue weighted by atomic mass is 10.1. The molecule has 0 atom stereocenters. The van der Waals surface area contributed by atoms with Crippen LogP contribution in [0.3, 0.4) is 0 Å². The van der Waals surface area contributed by atoms with E-state index in [1.165, 1.54) is 13.2 Å². The van der Waals surface area contributed by atoms with Crippen LogP contribution in [-0.2, 0) is 11.4 Å². The van der Waals surface area contributed by atoms with Gasteiger partial charge in [0.15, 0.2) is 11.5 Å². The summed E-state index contributed by atoms with van der Waals surface area (Å²) in [5, 5.41) is 13.4. The monoisotopic (exact) mass is 544 g/mol. The van der Waals surface area contributed by atoms with Gasteiger partial charge >= 0.3 is 0 Å². The van der Waals surface area contributed by atoms with E-state index in [1.54, 1.807) is 43.3 Å². The molecule has 0 aliphatic carbocycles. The summed E-state index contributed by atoms with van der Waals surface area (Å²) in [6.45, 7) is 2.04. The van der Waals surface area contributed by atoms with Gasteiger partial charge in [0.1, 0.15) is 18.2 Å². The van der Waals surface area contributed by atoms with E-state index in [2.05, 4.69) is 21.2 Å². The molecule has 1 N–H and O–H groups in total. The van der Waals surface area contributed by atoms with Crippen molar-refractivity contribution in [1.82, 2.24) is 0 Å². The highest BCUT2D eigenvalue weighted by atomic mass is 79.9. The summed E-state index contributed by atoms with van der Waals surface area (Å²) in [7, 11) is 1.51. The summed E-state index contributed by atoms with van der Waals surface area (Å²) in [6.07, 6.45) is 1.47. The second kappa shape index (κ2) is 11.2. The van der Waals surface area contributed by atoms with Crippen molar-refractivity contribution < 1.29 is 14.3 Å². The molecule has 0 spiro atoms. The average Bonchev–Trinajstić information content (AvgIpc) is 2.80. The number of nitrogens with zero attached hydrogens (tertiary/aromatic N) is 1. The summed E-state index contributed by atoms with van der Waals surface area (Å²) in [6, 6.07) is 17.9. The Labute approximate surface area is 210 Å². The summed E-state index contributed by atoms with van der Waals surface area (Å²) in [5.41, 5.74) is 2.58. The molecule has 8 heteroatoms. The van der Waals surface area contributed by atoms with Crippen molar-refractivity contribution in [2.24, 2.45) is 0 Å². The maximum absolute atomic E-state index is 12.7. The molecule has 0 unspecified atom stereocenters. The summed E-state index contributed by atoms with van der Waals surface area (Å²) >= 11 is 15.8. The van der Waals surface area contributed by atoms with Gasteiger partial charge in [-0.15, -0.1) is 0 Å². The quantitative estimate of drug-likeness (QED) is 0.252. The first-order chi connectivity index (χ1) is 15.8. The highest BCUT2D eigenvalue weighted by molar-refractivity contribution is 9.10. The summed E-state index contributed by atoms with van der Waals surface area (Å²) in [4.78, 5) is 12.7. The van der Waals surface area contributed by atoms with E-state index in [-0.39, 0.29) is 12.2 Å². The number of nitriles is 1. The van der Waals surface area contributed by atoms with Gasteiger partial charge in [0, 0.05) is 25.8 Å². The molecule has 0 bridgehead atoms. The number of rotatable bonds is 7. The van der Waals surface area contributed by atoms with E-state index in [0.717, 1.165) is 5.56 Å². The standard InChI is InChI=1S/C25H19BrCl2N2O3/c1-15-20(27)8-5-9-22(15)30-25(31)18(13-29)10-17-11-23(32-2)24(12-19(17)26)33-14-16-6-3-4-7-21(16)28/h3-12H,14H2,1-2H3,(H,30,31)/b18-10+. The van der Waals surface area contributed by atoms with Crippen molar-refractivity contribution in [2.45, 2.75) is 13.5 Å². The molecule has 0 aromatic heterocycles. The molecule has 0 heterocycles. The van der Waals surface area contributed by atoms with Crippen molar-refractivity contribution in [3.63, 3.8) is 0 Å². The first kappa shape index (κ1) is 24.7. The van der Waals surface area contributed by atoms with Crippen LogP contribution in [0.2, 0.25) is 10.0 Å². The lowest BCUT2D eigenvalue weighted by molar-refractivity contribution is -0.112. The van der Waals surface area contributed by atoms with Crippen LogP contribution in [0.1, 0.15) is 16.7 Å². The number of nitrogens with one attached hydrogen (secondary N) is 1. The second-order valence-electron chi connectivity index (χ2n) is 6.94. The molecule has 33 heavy (non-hydrogen) atoms. The van der Waals surface area contributed by atoms with E-state index >= 15 is 0 Å². The molecule has 0 aliphatic rings. The van der Waals surface area contributed by atoms with Crippen LogP contribution in [0, 0.1) is 18.3 Å². The minimum atomic E-state index is -0.548. The molecular formula is C25H19BrCl2N2O3. The third-order valence-electron chi connectivity index (χ3n) is 4.80. The summed E-state index contributed by atoms with van der Waals surface area (Å²) < 4.78 is 12.0. The van der Waals surface area contributed by atoms with Crippen molar-refractivity contribution in [1.29, 1.82) is 5.26 Å². The Morgan fingerprint density at radius 3 is 2.55 bits per heavy atom. The van der Waals surface area contributed by atoms with Gasteiger partial charge < -0.3 is 14.8 Å². The highest BCUT2D eigenvalue weighted by Gasteiger charge is 2.15. The molecule has 3 aromatic carbocycles. The number of carbonyl (C=O) groups is 1. The van der Waals surface area contributed by atoms with Crippen LogP contribution in [0.4, 0.5) is 5.69 Å². The Balaban J connectivity index is 1.85. The fourth-order valence-electron chi connectivity index (χ4n) is 2.94. The number of anilines is 1. The van der Waals surface area contributed by atoms with Gasteiger partial charge in [-0.3, -0.25) is 4.79 Å². The number of benzene rings is 3. The van der Waals surface area contributed by atoms with Crippen LogP contribution in [-0.4, -0.2) is 13.0 Å². The van der Waals surface area contributed by atoms with Crippen LogP contribution in [0.5, 0.6) is 11.5 Å². The highest BCUT2D eigenvalue weighted by Crippen LogP contribution is 2.35. The van der Waals surface area contributed by atoms with E-state index in [0.29, 0.717) is 42.8 Å². The zero-order valence-corrected chi connectivity index (χ0v) is 20.9. The number of halogens is 3. The first-order valence-electron chi connectivity index (χ1n) is 9.76. The maximum Gasteiger partial charge on any atom is 0.266 e. The van der Waals surface area contributed by atoms with Gasteiger partial charge in [-0.05, 0) is 54.5 Å². The van der Waals surface area contributed by atoms with Crippen LogP contribution in [0.25, 0.3) is 6.08 Å². The molecule has 0 aliphatic heterocycles. The average molecular weight is 546 g/mol. The van der Waals surface area contributed by atoms with E-state index < -0.39 is 5.91 Å². The topological polar surface area (TPSA) is 71.3 Å². The van der Waals surface area contributed by atoms with Gasteiger partial charge in [-0.2, -0.15) is 5.26 Å². The Hall–Kier alpha value is -2.98. The third kappa shape index (κ3) is 6.08. The smallest absolute Gasteiger partial charge is 0.266 e. The van der Waals surface area contributed by atoms with Crippen molar-refractivity contribution in [2.75, 3.05) is 12.4 Å².